The molecule has 0 spiro atoms. The lowest BCUT2D eigenvalue weighted by Gasteiger charge is -2.16. The Hall–Kier alpha value is -4.19. The van der Waals surface area contributed by atoms with Gasteiger partial charge >= 0.3 is 0 Å². The molecule has 33 heavy (non-hydrogen) atoms. The molecule has 6 heteroatoms. The highest BCUT2D eigenvalue weighted by Crippen LogP contribution is 2.23. The highest BCUT2D eigenvalue weighted by molar-refractivity contribution is 6.04. The van der Waals surface area contributed by atoms with Crippen molar-refractivity contribution in [3.63, 3.8) is 0 Å². The number of anilines is 1. The zero-order chi connectivity index (χ0) is 23.2. The van der Waals surface area contributed by atoms with Crippen molar-refractivity contribution in [2.45, 2.75) is 26.3 Å². The maximum absolute atomic E-state index is 12.9. The maximum atomic E-state index is 12.9. The van der Waals surface area contributed by atoms with Crippen LogP contribution in [0, 0.1) is 6.92 Å². The van der Waals surface area contributed by atoms with E-state index in [0.29, 0.717) is 28.6 Å². The van der Waals surface area contributed by atoms with Gasteiger partial charge in [-0.25, -0.2) is 4.98 Å². The van der Waals surface area contributed by atoms with Gasteiger partial charge in [-0.3, -0.25) is 9.59 Å². The number of carbonyl (C=O) groups is 2. The van der Waals surface area contributed by atoms with Crippen LogP contribution in [0.3, 0.4) is 0 Å². The van der Waals surface area contributed by atoms with Gasteiger partial charge in [0.2, 0.25) is 11.8 Å². The minimum absolute atomic E-state index is 0.0402. The quantitative estimate of drug-likeness (QED) is 0.408. The lowest BCUT2D eigenvalue weighted by molar-refractivity contribution is -0.115. The summed E-state index contributed by atoms with van der Waals surface area (Å²) in [6.07, 6.45) is 0.0402. The molecule has 1 heterocycles. The Morgan fingerprint density at radius 2 is 1.55 bits per heavy atom. The molecule has 4 rings (SSSR count). The summed E-state index contributed by atoms with van der Waals surface area (Å²) < 4.78 is 5.74. The van der Waals surface area contributed by atoms with E-state index in [9.17, 15) is 9.59 Å². The van der Waals surface area contributed by atoms with E-state index in [1.165, 1.54) is 0 Å². The molecule has 0 aliphatic carbocycles. The third kappa shape index (κ3) is 5.36. The van der Waals surface area contributed by atoms with Crippen LogP contribution in [0.25, 0.3) is 11.5 Å². The van der Waals surface area contributed by atoms with E-state index in [2.05, 4.69) is 15.6 Å². The molecule has 2 amide bonds. The minimum atomic E-state index is -0.276. The van der Waals surface area contributed by atoms with Crippen LogP contribution in [0.5, 0.6) is 0 Å². The zero-order valence-corrected chi connectivity index (χ0v) is 18.5. The Balaban J connectivity index is 1.45. The second-order valence-corrected chi connectivity index (χ2v) is 7.76. The van der Waals surface area contributed by atoms with Gasteiger partial charge in [0.1, 0.15) is 5.76 Å². The molecule has 1 unspecified atom stereocenters. The number of nitrogens with zero attached hydrogens (tertiary/aromatic N) is 1. The molecule has 3 aromatic carbocycles. The van der Waals surface area contributed by atoms with Crippen molar-refractivity contribution in [3.8, 4) is 11.5 Å². The molecule has 1 atom stereocenters. The largest absolute Gasteiger partial charge is 0.441 e. The van der Waals surface area contributed by atoms with Crippen molar-refractivity contribution >= 4 is 17.5 Å². The van der Waals surface area contributed by atoms with Crippen LogP contribution in [-0.4, -0.2) is 16.8 Å². The fourth-order valence-electron chi connectivity index (χ4n) is 3.53. The molecule has 2 N–H and O–H groups in total. The maximum Gasteiger partial charge on any atom is 0.253 e. The second-order valence-electron chi connectivity index (χ2n) is 7.76. The molecule has 0 aliphatic rings. The molecule has 0 saturated carbocycles. The van der Waals surface area contributed by atoms with Crippen LogP contribution in [0.2, 0.25) is 0 Å². The van der Waals surface area contributed by atoms with E-state index in [0.717, 1.165) is 11.1 Å². The third-order valence-corrected chi connectivity index (χ3v) is 5.33. The van der Waals surface area contributed by atoms with Crippen molar-refractivity contribution < 1.29 is 14.0 Å². The zero-order valence-electron chi connectivity index (χ0n) is 18.5. The van der Waals surface area contributed by atoms with Gasteiger partial charge in [-0.2, -0.15) is 0 Å². The number of para-hydroxylation sites is 1. The monoisotopic (exact) mass is 439 g/mol. The van der Waals surface area contributed by atoms with Gasteiger partial charge < -0.3 is 15.1 Å². The van der Waals surface area contributed by atoms with Crippen LogP contribution in [0.4, 0.5) is 5.69 Å². The molecule has 6 nitrogen and oxygen atoms in total. The first-order chi connectivity index (χ1) is 16.0. The van der Waals surface area contributed by atoms with Crippen molar-refractivity contribution in [1.29, 1.82) is 0 Å². The molecule has 0 aliphatic heterocycles. The Morgan fingerprint density at radius 3 is 2.27 bits per heavy atom. The van der Waals surface area contributed by atoms with Gasteiger partial charge in [-0.05, 0) is 43.7 Å². The number of aromatic nitrogens is 1. The molecular weight excluding hydrogens is 414 g/mol. The van der Waals surface area contributed by atoms with Crippen LogP contribution in [-0.2, 0) is 11.2 Å². The summed E-state index contributed by atoms with van der Waals surface area (Å²) in [7, 11) is 0. The smallest absolute Gasteiger partial charge is 0.253 e. The molecule has 0 bridgehead atoms. The first-order valence-electron chi connectivity index (χ1n) is 10.8. The lowest BCUT2D eigenvalue weighted by Crippen LogP contribution is -2.28. The van der Waals surface area contributed by atoms with E-state index >= 15 is 0 Å². The van der Waals surface area contributed by atoms with E-state index in [1.54, 1.807) is 31.2 Å². The first kappa shape index (κ1) is 22.0. The number of aryl methyl sites for hydroxylation is 1. The number of rotatable bonds is 7. The number of hydrogen-bond donors (Lipinski definition) is 2. The van der Waals surface area contributed by atoms with Gasteiger partial charge in [0.15, 0.2) is 0 Å². The molecule has 0 saturated heterocycles. The van der Waals surface area contributed by atoms with Crippen molar-refractivity contribution in [2.75, 3.05) is 5.32 Å². The number of oxazole rings is 1. The Bertz CT molecular complexity index is 1250. The summed E-state index contributed by atoms with van der Waals surface area (Å²) >= 11 is 0. The molecular formula is C27H25N3O3. The standard InChI is InChI=1S/C27H25N3O3/c1-18(20-11-5-3-6-12-20)28-26(32)22-15-9-10-16-23(22)29-25(31)17-24-19(2)33-27(30-24)21-13-7-4-8-14-21/h3-16,18H,17H2,1-2H3,(H,28,32)(H,29,31). The topological polar surface area (TPSA) is 84.2 Å². The lowest BCUT2D eigenvalue weighted by atomic mass is 10.1. The van der Waals surface area contributed by atoms with Crippen LogP contribution in [0.15, 0.2) is 89.3 Å². The van der Waals surface area contributed by atoms with Gasteiger partial charge in [-0.15, -0.1) is 0 Å². The summed E-state index contributed by atoms with van der Waals surface area (Å²) in [4.78, 5) is 30.2. The predicted octanol–water partition coefficient (Wildman–Crippen LogP) is 5.32. The van der Waals surface area contributed by atoms with Crippen LogP contribution in [0.1, 0.15) is 40.3 Å². The number of amides is 2. The highest BCUT2D eigenvalue weighted by Gasteiger charge is 2.18. The summed E-state index contributed by atoms with van der Waals surface area (Å²) in [5.74, 6) is 0.533. The Kier molecular flexibility index (Phi) is 6.64. The fourth-order valence-corrected chi connectivity index (χ4v) is 3.53. The Morgan fingerprint density at radius 1 is 0.909 bits per heavy atom. The summed E-state index contributed by atoms with van der Waals surface area (Å²) in [6, 6.07) is 26.0. The number of nitrogens with one attached hydrogen (secondary N) is 2. The molecule has 0 fully saturated rings. The van der Waals surface area contributed by atoms with E-state index in [-0.39, 0.29) is 24.3 Å². The molecule has 166 valence electrons. The summed E-state index contributed by atoms with van der Waals surface area (Å²) in [5, 5.41) is 5.84. The van der Waals surface area contributed by atoms with Crippen molar-refractivity contribution in [1.82, 2.24) is 10.3 Å². The van der Waals surface area contributed by atoms with E-state index in [4.69, 9.17) is 4.42 Å². The van der Waals surface area contributed by atoms with Gasteiger partial charge in [0.25, 0.3) is 5.91 Å². The number of hydrogen-bond acceptors (Lipinski definition) is 4. The molecule has 0 radical (unpaired) electrons. The summed E-state index contributed by atoms with van der Waals surface area (Å²) in [6.45, 7) is 3.71. The van der Waals surface area contributed by atoms with Gasteiger partial charge in [-0.1, -0.05) is 60.7 Å². The summed E-state index contributed by atoms with van der Waals surface area (Å²) in [5.41, 5.74) is 3.26. The second kappa shape index (κ2) is 9.96. The molecule has 1 aromatic heterocycles. The number of carbonyl (C=O) groups excluding carboxylic acids is 2. The fraction of sp³-hybridized carbons (Fsp3) is 0.148. The normalized spacial score (nSPS) is 11.6. The van der Waals surface area contributed by atoms with Crippen molar-refractivity contribution in [3.05, 3.63) is 108 Å². The van der Waals surface area contributed by atoms with Crippen LogP contribution >= 0.6 is 0 Å². The van der Waals surface area contributed by atoms with E-state index < -0.39 is 0 Å². The van der Waals surface area contributed by atoms with Gasteiger partial charge in [0, 0.05) is 5.56 Å². The van der Waals surface area contributed by atoms with Crippen molar-refractivity contribution in [2.24, 2.45) is 0 Å². The number of benzene rings is 3. The minimum Gasteiger partial charge on any atom is -0.441 e. The van der Waals surface area contributed by atoms with Gasteiger partial charge in [0.05, 0.1) is 29.4 Å². The predicted molar refractivity (Wildman–Crippen MR) is 128 cm³/mol. The average molecular weight is 440 g/mol. The van der Waals surface area contributed by atoms with Crippen LogP contribution < -0.4 is 10.6 Å². The third-order valence-electron chi connectivity index (χ3n) is 5.33. The van der Waals surface area contributed by atoms with E-state index in [1.807, 2.05) is 67.6 Å². The first-order valence-corrected chi connectivity index (χ1v) is 10.8. The Labute approximate surface area is 192 Å². The average Bonchev–Trinajstić information content (AvgIpc) is 3.20. The SMILES string of the molecule is Cc1oc(-c2ccccc2)nc1CC(=O)Nc1ccccc1C(=O)NC(C)c1ccccc1. The molecule has 4 aromatic rings. The highest BCUT2D eigenvalue weighted by atomic mass is 16.4.